The molecule has 3 fully saturated rings. The number of carbonyl (C=O) groups excluding carboxylic acids is 2. The number of piperidine rings is 1. The number of rotatable bonds is 3. The first-order valence-electron chi connectivity index (χ1n) is 8.80. The molecule has 128 valence electrons. The lowest BCUT2D eigenvalue weighted by molar-refractivity contribution is -0.133. The van der Waals surface area contributed by atoms with Crippen molar-refractivity contribution in [3.05, 3.63) is 24.3 Å². The maximum Gasteiger partial charge on any atom is 0.249 e. The fraction of sp³-hybridized carbons (Fsp3) is 0.556. The molecule has 6 nitrogen and oxygen atoms in total. The average Bonchev–Trinajstić information content (AvgIpc) is 3.21. The molecule has 4 rings (SSSR count). The lowest BCUT2D eigenvalue weighted by atomic mass is 9.86. The van der Waals surface area contributed by atoms with Crippen LogP contribution in [0.2, 0.25) is 0 Å². The standard InChI is InChI=1S/C18H24N4O2/c23-16-6-5-15(17(24)21-16)20-13-1-3-14(4-2-13)22-10-8-18(12-22)7-9-19-11-18/h1-4,15,19-20H,5-12H2,(H,21,23,24). The quantitative estimate of drug-likeness (QED) is 0.725. The van der Waals surface area contributed by atoms with E-state index in [9.17, 15) is 9.59 Å². The molecule has 1 aromatic carbocycles. The van der Waals surface area contributed by atoms with Gasteiger partial charge in [-0.05, 0) is 50.1 Å². The number of benzene rings is 1. The van der Waals surface area contributed by atoms with Crippen molar-refractivity contribution >= 4 is 23.2 Å². The van der Waals surface area contributed by atoms with Gasteiger partial charge in [0.1, 0.15) is 6.04 Å². The summed E-state index contributed by atoms with van der Waals surface area (Å²) >= 11 is 0. The Morgan fingerprint density at radius 2 is 2.00 bits per heavy atom. The Bertz CT molecular complexity index is 637. The molecule has 1 spiro atoms. The summed E-state index contributed by atoms with van der Waals surface area (Å²) in [5.41, 5.74) is 2.63. The molecule has 0 radical (unpaired) electrons. The van der Waals surface area contributed by atoms with E-state index in [2.05, 4.69) is 33.0 Å². The first-order chi connectivity index (χ1) is 11.6. The van der Waals surface area contributed by atoms with Crippen molar-refractivity contribution in [3.8, 4) is 0 Å². The Morgan fingerprint density at radius 1 is 1.17 bits per heavy atom. The minimum Gasteiger partial charge on any atom is -0.374 e. The van der Waals surface area contributed by atoms with Crippen LogP contribution in [-0.4, -0.2) is 44.0 Å². The number of amides is 2. The van der Waals surface area contributed by atoms with Gasteiger partial charge in [-0.3, -0.25) is 14.9 Å². The van der Waals surface area contributed by atoms with Gasteiger partial charge in [0.05, 0.1) is 0 Å². The number of hydrogen-bond acceptors (Lipinski definition) is 5. The first kappa shape index (κ1) is 15.4. The van der Waals surface area contributed by atoms with Crippen molar-refractivity contribution in [2.45, 2.75) is 31.7 Å². The van der Waals surface area contributed by atoms with E-state index < -0.39 is 0 Å². The van der Waals surface area contributed by atoms with Gasteiger partial charge in [0, 0.05) is 42.8 Å². The molecule has 0 aliphatic carbocycles. The van der Waals surface area contributed by atoms with Crippen LogP contribution in [0.3, 0.4) is 0 Å². The summed E-state index contributed by atoms with van der Waals surface area (Å²) in [6, 6.07) is 7.97. The largest absolute Gasteiger partial charge is 0.374 e. The van der Waals surface area contributed by atoms with Crippen molar-refractivity contribution < 1.29 is 9.59 Å². The Kier molecular flexibility index (Phi) is 3.92. The zero-order valence-corrected chi connectivity index (χ0v) is 13.8. The summed E-state index contributed by atoms with van der Waals surface area (Å²) in [6.07, 6.45) is 3.48. The van der Waals surface area contributed by atoms with Gasteiger partial charge in [-0.2, -0.15) is 0 Å². The molecule has 3 heterocycles. The Balaban J connectivity index is 1.38. The van der Waals surface area contributed by atoms with Gasteiger partial charge in [-0.1, -0.05) is 0 Å². The number of anilines is 2. The van der Waals surface area contributed by atoms with E-state index in [4.69, 9.17) is 0 Å². The smallest absolute Gasteiger partial charge is 0.249 e. The zero-order valence-electron chi connectivity index (χ0n) is 13.8. The van der Waals surface area contributed by atoms with Crippen LogP contribution in [0.4, 0.5) is 11.4 Å². The Labute approximate surface area is 142 Å². The molecule has 3 N–H and O–H groups in total. The number of carbonyl (C=O) groups is 2. The van der Waals surface area contributed by atoms with Crippen LogP contribution in [0.1, 0.15) is 25.7 Å². The molecule has 2 atom stereocenters. The Morgan fingerprint density at radius 3 is 2.71 bits per heavy atom. The van der Waals surface area contributed by atoms with Crippen molar-refractivity contribution in [3.63, 3.8) is 0 Å². The first-order valence-corrected chi connectivity index (χ1v) is 8.80. The summed E-state index contributed by atoms with van der Waals surface area (Å²) in [4.78, 5) is 25.5. The molecule has 6 heteroatoms. The molecule has 0 aromatic heterocycles. The van der Waals surface area contributed by atoms with Gasteiger partial charge < -0.3 is 15.5 Å². The normalized spacial score (nSPS) is 30.0. The summed E-state index contributed by atoms with van der Waals surface area (Å²) in [5.74, 6) is -0.414. The van der Waals surface area contributed by atoms with Crippen LogP contribution in [0, 0.1) is 5.41 Å². The van der Waals surface area contributed by atoms with Gasteiger partial charge in [-0.25, -0.2) is 0 Å². The van der Waals surface area contributed by atoms with E-state index in [1.165, 1.54) is 18.5 Å². The van der Waals surface area contributed by atoms with Gasteiger partial charge in [0.15, 0.2) is 0 Å². The molecule has 0 saturated carbocycles. The van der Waals surface area contributed by atoms with E-state index in [1.54, 1.807) is 0 Å². The third-order valence-electron chi connectivity index (χ3n) is 5.58. The summed E-state index contributed by atoms with van der Waals surface area (Å²) in [7, 11) is 0. The van der Waals surface area contributed by atoms with Crippen LogP contribution in [-0.2, 0) is 9.59 Å². The molecule has 2 unspecified atom stereocenters. The monoisotopic (exact) mass is 328 g/mol. The molecule has 1 aromatic rings. The van der Waals surface area contributed by atoms with Gasteiger partial charge in [-0.15, -0.1) is 0 Å². The van der Waals surface area contributed by atoms with E-state index in [0.29, 0.717) is 18.3 Å². The second kappa shape index (κ2) is 6.09. The van der Waals surface area contributed by atoms with E-state index >= 15 is 0 Å². The highest BCUT2D eigenvalue weighted by Crippen LogP contribution is 2.38. The third-order valence-corrected chi connectivity index (χ3v) is 5.58. The molecule has 2 amide bonds. The molecular weight excluding hydrogens is 304 g/mol. The average molecular weight is 328 g/mol. The van der Waals surface area contributed by atoms with Crippen molar-refractivity contribution in [1.29, 1.82) is 0 Å². The number of nitrogens with zero attached hydrogens (tertiary/aromatic N) is 1. The summed E-state index contributed by atoms with van der Waals surface area (Å²) in [5, 5.41) is 9.09. The van der Waals surface area contributed by atoms with Crippen molar-refractivity contribution in [2.75, 3.05) is 36.4 Å². The molecule has 3 aliphatic heterocycles. The molecule has 3 aliphatic rings. The lowest BCUT2D eigenvalue weighted by Crippen LogP contribution is -2.47. The predicted octanol–water partition coefficient (Wildman–Crippen LogP) is 1.09. The molecule has 24 heavy (non-hydrogen) atoms. The third kappa shape index (κ3) is 2.98. The fourth-order valence-corrected chi connectivity index (χ4v) is 4.10. The molecule has 0 bridgehead atoms. The predicted molar refractivity (Wildman–Crippen MR) is 93.0 cm³/mol. The van der Waals surface area contributed by atoms with Crippen LogP contribution in [0.5, 0.6) is 0 Å². The molecule has 3 saturated heterocycles. The van der Waals surface area contributed by atoms with Crippen LogP contribution in [0.25, 0.3) is 0 Å². The lowest BCUT2D eigenvalue weighted by Gasteiger charge is -2.25. The SMILES string of the molecule is O=C1CCC(Nc2ccc(N3CCC4(CCNC4)C3)cc2)C(=O)N1. The summed E-state index contributed by atoms with van der Waals surface area (Å²) in [6.45, 7) is 4.52. The van der Waals surface area contributed by atoms with E-state index in [-0.39, 0.29) is 17.9 Å². The second-order valence-corrected chi connectivity index (χ2v) is 7.29. The highest BCUT2D eigenvalue weighted by atomic mass is 16.2. The highest BCUT2D eigenvalue weighted by molar-refractivity contribution is 6.01. The minimum absolute atomic E-state index is 0.183. The number of nitrogens with one attached hydrogen (secondary N) is 3. The maximum absolute atomic E-state index is 11.8. The minimum atomic E-state index is -0.326. The van der Waals surface area contributed by atoms with E-state index in [1.807, 2.05) is 12.1 Å². The van der Waals surface area contributed by atoms with Gasteiger partial charge in [0.25, 0.3) is 0 Å². The highest BCUT2D eigenvalue weighted by Gasteiger charge is 2.40. The van der Waals surface area contributed by atoms with Crippen LogP contribution in [0.15, 0.2) is 24.3 Å². The van der Waals surface area contributed by atoms with Crippen molar-refractivity contribution in [2.24, 2.45) is 5.41 Å². The van der Waals surface area contributed by atoms with Crippen LogP contribution >= 0.6 is 0 Å². The number of imide groups is 1. The van der Waals surface area contributed by atoms with Crippen molar-refractivity contribution in [1.82, 2.24) is 10.6 Å². The number of hydrogen-bond donors (Lipinski definition) is 3. The maximum atomic E-state index is 11.8. The van der Waals surface area contributed by atoms with Crippen LogP contribution < -0.4 is 20.9 Å². The second-order valence-electron chi connectivity index (χ2n) is 7.29. The Hall–Kier alpha value is -2.08. The molecular formula is C18H24N4O2. The summed E-state index contributed by atoms with van der Waals surface area (Å²) < 4.78 is 0. The topological polar surface area (TPSA) is 73.5 Å². The van der Waals surface area contributed by atoms with Gasteiger partial charge in [0.2, 0.25) is 11.8 Å². The fourth-order valence-electron chi connectivity index (χ4n) is 4.10. The van der Waals surface area contributed by atoms with E-state index in [0.717, 1.165) is 31.9 Å². The van der Waals surface area contributed by atoms with Gasteiger partial charge >= 0.3 is 0 Å². The zero-order chi connectivity index (χ0) is 16.6.